The molecule has 4 heteroatoms. The third kappa shape index (κ3) is 4.03. The molecule has 2 rings (SSSR count). The summed E-state index contributed by atoms with van der Waals surface area (Å²) < 4.78 is 0. The van der Waals surface area contributed by atoms with Crippen LogP contribution in [0.1, 0.15) is 36.0 Å². The van der Waals surface area contributed by atoms with Crippen LogP contribution in [0.3, 0.4) is 0 Å². The minimum absolute atomic E-state index is 0.0958. The van der Waals surface area contributed by atoms with Gasteiger partial charge in [0.1, 0.15) is 4.88 Å². The molecule has 0 fully saturated rings. The Kier molecular flexibility index (Phi) is 4.35. The van der Waals surface area contributed by atoms with E-state index in [1.54, 1.807) is 6.21 Å². The van der Waals surface area contributed by atoms with Gasteiger partial charge in [0.25, 0.3) is 5.91 Å². The van der Waals surface area contributed by atoms with Gasteiger partial charge < -0.3 is 5.32 Å². The topological polar surface area (TPSA) is 41.5 Å². The third-order valence-electron chi connectivity index (χ3n) is 2.52. The SMILES string of the molecule is CC(C)(C)N=Cc1ccsc1C(=O)Nc1ccccc1. The Hall–Kier alpha value is -1.94. The summed E-state index contributed by atoms with van der Waals surface area (Å²) in [6.07, 6.45) is 1.77. The van der Waals surface area contributed by atoms with Crippen LogP contribution in [0.25, 0.3) is 0 Å². The van der Waals surface area contributed by atoms with Crippen molar-refractivity contribution in [2.45, 2.75) is 26.3 Å². The highest BCUT2D eigenvalue weighted by Crippen LogP contribution is 2.18. The van der Waals surface area contributed by atoms with Gasteiger partial charge in [0.05, 0.1) is 5.54 Å². The van der Waals surface area contributed by atoms with E-state index in [9.17, 15) is 4.79 Å². The van der Waals surface area contributed by atoms with Gasteiger partial charge in [-0.15, -0.1) is 11.3 Å². The first-order chi connectivity index (χ1) is 9.46. The fraction of sp³-hybridized carbons (Fsp3) is 0.250. The Morgan fingerprint density at radius 1 is 1.20 bits per heavy atom. The molecular formula is C16H18N2OS. The quantitative estimate of drug-likeness (QED) is 0.843. The van der Waals surface area contributed by atoms with Gasteiger partial charge in [-0.3, -0.25) is 9.79 Å². The van der Waals surface area contributed by atoms with Gasteiger partial charge in [-0.1, -0.05) is 18.2 Å². The Morgan fingerprint density at radius 3 is 2.55 bits per heavy atom. The number of carbonyl (C=O) groups excluding carboxylic acids is 1. The molecule has 0 unspecified atom stereocenters. The molecule has 1 heterocycles. The number of anilines is 1. The molecule has 0 saturated carbocycles. The molecule has 20 heavy (non-hydrogen) atoms. The van der Waals surface area contributed by atoms with Crippen molar-refractivity contribution in [2.75, 3.05) is 5.32 Å². The Bertz CT molecular complexity index is 609. The largest absolute Gasteiger partial charge is 0.321 e. The summed E-state index contributed by atoms with van der Waals surface area (Å²) in [5.74, 6) is -0.0958. The number of amides is 1. The molecule has 0 atom stereocenters. The Morgan fingerprint density at radius 2 is 1.90 bits per heavy atom. The Balaban J connectivity index is 2.16. The molecule has 1 aromatic carbocycles. The number of rotatable bonds is 3. The molecule has 104 valence electrons. The van der Waals surface area contributed by atoms with Crippen LogP contribution in [-0.2, 0) is 0 Å². The second kappa shape index (κ2) is 6.01. The first kappa shape index (κ1) is 14.5. The van der Waals surface area contributed by atoms with Crippen molar-refractivity contribution in [1.29, 1.82) is 0 Å². The zero-order valence-corrected chi connectivity index (χ0v) is 12.7. The molecule has 0 radical (unpaired) electrons. The normalized spacial score (nSPS) is 11.8. The second-order valence-corrected chi connectivity index (χ2v) is 6.37. The molecule has 1 N–H and O–H groups in total. The van der Waals surface area contributed by atoms with E-state index in [4.69, 9.17) is 0 Å². The molecule has 3 nitrogen and oxygen atoms in total. The highest BCUT2D eigenvalue weighted by molar-refractivity contribution is 7.12. The van der Waals surface area contributed by atoms with Crippen molar-refractivity contribution in [3.63, 3.8) is 0 Å². The second-order valence-electron chi connectivity index (χ2n) is 5.45. The summed E-state index contributed by atoms with van der Waals surface area (Å²) in [4.78, 5) is 17.4. The van der Waals surface area contributed by atoms with Crippen LogP contribution in [0, 0.1) is 0 Å². The highest BCUT2D eigenvalue weighted by atomic mass is 32.1. The number of hydrogen-bond donors (Lipinski definition) is 1. The lowest BCUT2D eigenvalue weighted by molar-refractivity contribution is 0.103. The monoisotopic (exact) mass is 286 g/mol. The molecular weight excluding hydrogens is 268 g/mol. The lowest BCUT2D eigenvalue weighted by atomic mass is 10.1. The predicted molar refractivity (Wildman–Crippen MR) is 86.1 cm³/mol. The summed E-state index contributed by atoms with van der Waals surface area (Å²) in [7, 11) is 0. The van der Waals surface area contributed by atoms with Crippen molar-refractivity contribution in [2.24, 2.45) is 4.99 Å². The van der Waals surface area contributed by atoms with Crippen LogP contribution >= 0.6 is 11.3 Å². The maximum atomic E-state index is 12.3. The lowest BCUT2D eigenvalue weighted by Crippen LogP contribution is -2.13. The van der Waals surface area contributed by atoms with Crippen molar-refractivity contribution < 1.29 is 4.79 Å². The summed E-state index contributed by atoms with van der Waals surface area (Å²) >= 11 is 1.42. The molecule has 2 aromatic rings. The van der Waals surface area contributed by atoms with Crippen molar-refractivity contribution in [1.82, 2.24) is 0 Å². The van der Waals surface area contributed by atoms with Gasteiger partial charge >= 0.3 is 0 Å². The molecule has 0 aliphatic rings. The summed E-state index contributed by atoms with van der Waals surface area (Å²) in [6.45, 7) is 6.08. The number of para-hydroxylation sites is 1. The molecule has 0 spiro atoms. The van der Waals surface area contributed by atoms with Crippen LogP contribution in [0.5, 0.6) is 0 Å². The number of aliphatic imine (C=N–C) groups is 1. The van der Waals surface area contributed by atoms with Gasteiger partial charge in [-0.2, -0.15) is 0 Å². The first-order valence-electron chi connectivity index (χ1n) is 6.45. The van der Waals surface area contributed by atoms with E-state index in [2.05, 4.69) is 10.3 Å². The average Bonchev–Trinajstić information content (AvgIpc) is 2.85. The van der Waals surface area contributed by atoms with Crippen LogP contribution in [0.2, 0.25) is 0 Å². The maximum Gasteiger partial charge on any atom is 0.266 e. The van der Waals surface area contributed by atoms with E-state index in [0.717, 1.165) is 11.3 Å². The zero-order valence-electron chi connectivity index (χ0n) is 11.9. The smallest absolute Gasteiger partial charge is 0.266 e. The maximum absolute atomic E-state index is 12.3. The van der Waals surface area contributed by atoms with E-state index in [1.165, 1.54) is 11.3 Å². The van der Waals surface area contributed by atoms with E-state index >= 15 is 0 Å². The highest BCUT2D eigenvalue weighted by Gasteiger charge is 2.13. The summed E-state index contributed by atoms with van der Waals surface area (Å²) in [6, 6.07) is 11.4. The molecule has 0 bridgehead atoms. The minimum Gasteiger partial charge on any atom is -0.321 e. The van der Waals surface area contributed by atoms with Crippen LogP contribution < -0.4 is 5.32 Å². The number of carbonyl (C=O) groups is 1. The number of benzene rings is 1. The van der Waals surface area contributed by atoms with Crippen molar-refractivity contribution >= 4 is 29.1 Å². The lowest BCUT2D eigenvalue weighted by Gasteiger charge is -2.10. The molecule has 0 saturated heterocycles. The average molecular weight is 286 g/mol. The molecule has 0 aliphatic heterocycles. The molecule has 0 aliphatic carbocycles. The third-order valence-corrected chi connectivity index (χ3v) is 3.45. The number of nitrogens with zero attached hydrogens (tertiary/aromatic N) is 1. The van der Waals surface area contributed by atoms with Gasteiger partial charge in [-0.25, -0.2) is 0 Å². The first-order valence-corrected chi connectivity index (χ1v) is 7.33. The van der Waals surface area contributed by atoms with Gasteiger partial charge in [-0.05, 0) is 44.4 Å². The van der Waals surface area contributed by atoms with E-state index in [0.29, 0.717) is 4.88 Å². The standard InChI is InChI=1S/C16H18N2OS/c1-16(2,3)17-11-12-9-10-20-14(12)15(19)18-13-7-5-4-6-8-13/h4-11H,1-3H3,(H,18,19). The van der Waals surface area contributed by atoms with Gasteiger partial charge in [0.15, 0.2) is 0 Å². The molecule has 1 aromatic heterocycles. The zero-order chi connectivity index (χ0) is 14.6. The van der Waals surface area contributed by atoms with E-state index in [1.807, 2.05) is 62.5 Å². The van der Waals surface area contributed by atoms with E-state index in [-0.39, 0.29) is 11.4 Å². The van der Waals surface area contributed by atoms with Crippen LogP contribution in [0.4, 0.5) is 5.69 Å². The molecule has 1 amide bonds. The minimum atomic E-state index is -0.144. The van der Waals surface area contributed by atoms with Crippen molar-refractivity contribution in [3.8, 4) is 0 Å². The van der Waals surface area contributed by atoms with Crippen molar-refractivity contribution in [3.05, 3.63) is 52.2 Å². The summed E-state index contributed by atoms with van der Waals surface area (Å²) in [5.41, 5.74) is 1.51. The Labute approximate surface area is 123 Å². The van der Waals surface area contributed by atoms with Crippen LogP contribution in [-0.4, -0.2) is 17.7 Å². The number of hydrogen-bond acceptors (Lipinski definition) is 3. The van der Waals surface area contributed by atoms with Gasteiger partial charge in [0.2, 0.25) is 0 Å². The fourth-order valence-electron chi connectivity index (χ4n) is 1.58. The predicted octanol–water partition coefficient (Wildman–Crippen LogP) is 4.22. The number of thiophene rings is 1. The fourth-order valence-corrected chi connectivity index (χ4v) is 2.34. The van der Waals surface area contributed by atoms with Crippen LogP contribution in [0.15, 0.2) is 46.8 Å². The van der Waals surface area contributed by atoms with Gasteiger partial charge in [0, 0.05) is 17.5 Å². The number of nitrogens with one attached hydrogen (secondary N) is 1. The van der Waals surface area contributed by atoms with E-state index < -0.39 is 0 Å². The summed E-state index contributed by atoms with van der Waals surface area (Å²) in [5, 5.41) is 4.80.